The first-order valence-corrected chi connectivity index (χ1v) is 6.44. The number of nitrogens with one attached hydrogen (secondary N) is 1. The lowest BCUT2D eigenvalue weighted by Crippen LogP contribution is -2.43. The Morgan fingerprint density at radius 3 is 2.53 bits per heavy atom. The zero-order chi connectivity index (χ0) is 12.5. The van der Waals surface area contributed by atoms with Crippen LogP contribution in [0.5, 0.6) is 0 Å². The number of hydrogen-bond acceptors (Lipinski definition) is 2. The molecular weight excluding hydrogens is 210 g/mol. The van der Waals surface area contributed by atoms with Gasteiger partial charge in [0.15, 0.2) is 0 Å². The molecule has 2 rings (SSSR count). The van der Waals surface area contributed by atoms with Crippen LogP contribution in [-0.4, -0.2) is 11.6 Å². The Morgan fingerprint density at radius 2 is 1.94 bits per heavy atom. The predicted molar refractivity (Wildman–Crippen MR) is 70.9 cm³/mol. The number of hydroxylamine groups is 1. The minimum absolute atomic E-state index is 0.103. The highest BCUT2D eigenvalue weighted by Gasteiger charge is 2.31. The van der Waals surface area contributed by atoms with Crippen LogP contribution in [-0.2, 0) is 4.84 Å². The Morgan fingerprint density at radius 1 is 1.24 bits per heavy atom. The van der Waals surface area contributed by atoms with Gasteiger partial charge < -0.3 is 0 Å². The van der Waals surface area contributed by atoms with Gasteiger partial charge in [0.25, 0.3) is 0 Å². The third-order valence-electron chi connectivity index (χ3n) is 3.18. The number of benzene rings is 1. The Kier molecular flexibility index (Phi) is 3.55. The SMILES string of the molecule is Cc1cccc(C2CC(NOC(C)(C)C)C2)c1. The maximum absolute atomic E-state index is 5.59. The molecule has 0 aromatic heterocycles. The number of hydrogen-bond donors (Lipinski definition) is 1. The lowest BCUT2D eigenvalue weighted by Gasteiger charge is -2.37. The topological polar surface area (TPSA) is 21.3 Å². The highest BCUT2D eigenvalue weighted by Crippen LogP contribution is 2.37. The summed E-state index contributed by atoms with van der Waals surface area (Å²) in [6, 6.07) is 9.35. The van der Waals surface area contributed by atoms with Crippen LogP contribution >= 0.6 is 0 Å². The van der Waals surface area contributed by atoms with Crippen LogP contribution in [0.15, 0.2) is 24.3 Å². The fourth-order valence-corrected chi connectivity index (χ4v) is 2.17. The van der Waals surface area contributed by atoms with E-state index in [4.69, 9.17) is 4.84 Å². The molecule has 94 valence electrons. The maximum atomic E-state index is 5.59. The maximum Gasteiger partial charge on any atom is 0.0813 e. The Labute approximate surface area is 104 Å². The van der Waals surface area contributed by atoms with E-state index >= 15 is 0 Å². The van der Waals surface area contributed by atoms with Crippen molar-refractivity contribution >= 4 is 0 Å². The van der Waals surface area contributed by atoms with Crippen molar-refractivity contribution in [3.63, 3.8) is 0 Å². The molecule has 2 heteroatoms. The molecule has 0 radical (unpaired) electrons. The summed E-state index contributed by atoms with van der Waals surface area (Å²) in [6.45, 7) is 8.35. The van der Waals surface area contributed by atoms with E-state index in [0.717, 1.165) is 0 Å². The standard InChI is InChI=1S/C15H23NO/c1-11-6-5-7-12(8-11)13-9-14(10-13)16-17-15(2,3)4/h5-8,13-14,16H,9-10H2,1-4H3. The van der Waals surface area contributed by atoms with E-state index < -0.39 is 0 Å². The van der Waals surface area contributed by atoms with Crippen LogP contribution in [0.25, 0.3) is 0 Å². The summed E-state index contributed by atoms with van der Waals surface area (Å²) >= 11 is 0. The molecule has 0 aliphatic heterocycles. The normalized spacial score (nSPS) is 24.5. The molecule has 1 aromatic rings. The van der Waals surface area contributed by atoms with Crippen molar-refractivity contribution < 1.29 is 4.84 Å². The molecule has 0 atom stereocenters. The van der Waals surface area contributed by atoms with Crippen molar-refractivity contribution in [3.8, 4) is 0 Å². The lowest BCUT2D eigenvalue weighted by atomic mass is 9.76. The summed E-state index contributed by atoms with van der Waals surface area (Å²) in [4.78, 5) is 5.59. The van der Waals surface area contributed by atoms with E-state index in [9.17, 15) is 0 Å². The summed E-state index contributed by atoms with van der Waals surface area (Å²) in [5, 5.41) is 0. The molecule has 0 heterocycles. The van der Waals surface area contributed by atoms with Crippen molar-refractivity contribution in [2.45, 2.75) is 58.1 Å². The van der Waals surface area contributed by atoms with E-state index in [-0.39, 0.29) is 5.60 Å². The largest absolute Gasteiger partial charge is 0.296 e. The first-order chi connectivity index (χ1) is 7.94. The smallest absolute Gasteiger partial charge is 0.0813 e. The number of rotatable bonds is 3. The van der Waals surface area contributed by atoms with Crippen LogP contribution in [0.1, 0.15) is 50.7 Å². The van der Waals surface area contributed by atoms with Gasteiger partial charge in [-0.25, -0.2) is 0 Å². The molecule has 2 nitrogen and oxygen atoms in total. The molecular formula is C15H23NO. The highest BCUT2D eigenvalue weighted by molar-refractivity contribution is 5.27. The summed E-state index contributed by atoms with van der Waals surface area (Å²) in [7, 11) is 0. The van der Waals surface area contributed by atoms with Gasteiger partial charge in [-0.05, 0) is 52.0 Å². The van der Waals surface area contributed by atoms with E-state index in [1.807, 2.05) is 0 Å². The molecule has 0 spiro atoms. The molecule has 1 aromatic carbocycles. The first kappa shape index (κ1) is 12.6. The molecule has 1 fully saturated rings. The molecule has 1 N–H and O–H groups in total. The predicted octanol–water partition coefficient (Wildman–Crippen LogP) is 3.56. The van der Waals surface area contributed by atoms with Crippen molar-refractivity contribution in [1.29, 1.82) is 0 Å². The Balaban J connectivity index is 1.79. The van der Waals surface area contributed by atoms with Gasteiger partial charge in [-0.1, -0.05) is 29.8 Å². The van der Waals surface area contributed by atoms with E-state index in [0.29, 0.717) is 12.0 Å². The van der Waals surface area contributed by atoms with Crippen LogP contribution in [0, 0.1) is 6.92 Å². The molecule has 1 saturated carbocycles. The second kappa shape index (κ2) is 4.79. The van der Waals surface area contributed by atoms with Crippen LogP contribution in [0.3, 0.4) is 0 Å². The highest BCUT2D eigenvalue weighted by atomic mass is 16.7. The molecule has 0 unspecified atom stereocenters. The minimum atomic E-state index is -0.103. The van der Waals surface area contributed by atoms with E-state index in [1.165, 1.54) is 24.0 Å². The van der Waals surface area contributed by atoms with Crippen molar-refractivity contribution in [2.24, 2.45) is 0 Å². The zero-order valence-corrected chi connectivity index (χ0v) is 11.3. The van der Waals surface area contributed by atoms with Gasteiger partial charge in [0.1, 0.15) is 0 Å². The molecule has 0 saturated heterocycles. The van der Waals surface area contributed by atoms with E-state index in [2.05, 4.69) is 57.4 Å². The summed E-state index contributed by atoms with van der Waals surface area (Å²) in [6.07, 6.45) is 2.36. The van der Waals surface area contributed by atoms with Crippen molar-refractivity contribution in [3.05, 3.63) is 35.4 Å². The van der Waals surface area contributed by atoms with Gasteiger partial charge in [0.05, 0.1) is 5.60 Å². The summed E-state index contributed by atoms with van der Waals surface area (Å²) in [5.74, 6) is 0.705. The monoisotopic (exact) mass is 233 g/mol. The lowest BCUT2D eigenvalue weighted by molar-refractivity contribution is -0.101. The second-order valence-corrected chi connectivity index (χ2v) is 6.11. The van der Waals surface area contributed by atoms with Crippen molar-refractivity contribution in [1.82, 2.24) is 5.48 Å². The number of aryl methyl sites for hydroxylation is 1. The molecule has 0 bridgehead atoms. The second-order valence-electron chi connectivity index (χ2n) is 6.11. The van der Waals surface area contributed by atoms with Crippen LogP contribution < -0.4 is 5.48 Å². The van der Waals surface area contributed by atoms with Gasteiger partial charge in [0.2, 0.25) is 0 Å². The molecule has 1 aliphatic carbocycles. The van der Waals surface area contributed by atoms with Gasteiger partial charge in [-0.3, -0.25) is 4.84 Å². The first-order valence-electron chi connectivity index (χ1n) is 6.44. The van der Waals surface area contributed by atoms with Crippen molar-refractivity contribution in [2.75, 3.05) is 0 Å². The zero-order valence-electron chi connectivity index (χ0n) is 11.3. The molecule has 0 amide bonds. The molecule has 1 aliphatic rings. The fourth-order valence-electron chi connectivity index (χ4n) is 2.17. The Bertz CT molecular complexity index is 375. The fraction of sp³-hybridized carbons (Fsp3) is 0.600. The van der Waals surface area contributed by atoms with Crippen LogP contribution in [0.4, 0.5) is 0 Å². The van der Waals surface area contributed by atoms with Gasteiger partial charge in [-0.15, -0.1) is 0 Å². The third-order valence-corrected chi connectivity index (χ3v) is 3.18. The summed E-state index contributed by atoms with van der Waals surface area (Å²) < 4.78 is 0. The average molecular weight is 233 g/mol. The Hall–Kier alpha value is -0.860. The quantitative estimate of drug-likeness (QED) is 0.806. The van der Waals surface area contributed by atoms with Gasteiger partial charge in [-0.2, -0.15) is 5.48 Å². The van der Waals surface area contributed by atoms with Crippen LogP contribution in [0.2, 0.25) is 0 Å². The van der Waals surface area contributed by atoms with Gasteiger partial charge in [0, 0.05) is 6.04 Å². The van der Waals surface area contributed by atoms with Gasteiger partial charge >= 0.3 is 0 Å². The third kappa shape index (κ3) is 3.55. The average Bonchev–Trinajstić information content (AvgIpc) is 2.13. The minimum Gasteiger partial charge on any atom is -0.296 e. The molecule has 17 heavy (non-hydrogen) atoms. The summed E-state index contributed by atoms with van der Waals surface area (Å²) in [5.41, 5.74) is 5.89. The van der Waals surface area contributed by atoms with E-state index in [1.54, 1.807) is 0 Å².